The fourth-order valence-corrected chi connectivity index (χ4v) is 7.45. The van der Waals surface area contributed by atoms with Crippen molar-refractivity contribution in [3.63, 3.8) is 0 Å². The molecule has 0 saturated heterocycles. The second-order valence-corrected chi connectivity index (χ2v) is 12.5. The first-order chi connectivity index (χ1) is 18.5. The fraction of sp³-hybridized carbons (Fsp3) is 0.118. The van der Waals surface area contributed by atoms with Crippen molar-refractivity contribution < 1.29 is 4.74 Å². The van der Waals surface area contributed by atoms with E-state index >= 15 is 0 Å². The van der Waals surface area contributed by atoms with Crippen LogP contribution in [0.4, 0.5) is 0 Å². The van der Waals surface area contributed by atoms with Gasteiger partial charge in [-0.05, 0) is 69.9 Å². The third-order valence-electron chi connectivity index (χ3n) is 8.06. The van der Waals surface area contributed by atoms with Crippen molar-refractivity contribution >= 4 is 51.3 Å². The van der Waals surface area contributed by atoms with Gasteiger partial charge in [0.1, 0.15) is 11.5 Å². The molecule has 0 spiro atoms. The molecule has 2 aliphatic rings. The molecule has 5 aromatic carbocycles. The van der Waals surface area contributed by atoms with Gasteiger partial charge in [0.15, 0.2) is 0 Å². The van der Waals surface area contributed by atoms with Crippen LogP contribution in [0.2, 0.25) is 0 Å². The summed E-state index contributed by atoms with van der Waals surface area (Å²) >= 11 is 1.86. The Hall–Kier alpha value is -3.89. The van der Waals surface area contributed by atoms with Gasteiger partial charge < -0.3 is 9.21 Å². The molecule has 6 aromatic rings. The Bertz CT molecular complexity index is 1920. The molecule has 0 unspecified atom stereocenters. The van der Waals surface area contributed by atoms with Crippen LogP contribution in [0, 0.1) is 0 Å². The third-order valence-corrected chi connectivity index (χ3v) is 9.20. The molecule has 2 aliphatic heterocycles. The first-order valence-electron chi connectivity index (χ1n) is 13.2. The number of nitrogens with zero attached hydrogens (tertiary/aromatic N) is 1. The molecule has 2 nitrogen and oxygen atoms in total. The lowest BCUT2D eigenvalue weighted by molar-refractivity contribution is 0.481. The lowest BCUT2D eigenvalue weighted by atomic mass is 9.47. The Balaban J connectivity index is 1.40. The van der Waals surface area contributed by atoms with Gasteiger partial charge in [0.2, 0.25) is 0 Å². The van der Waals surface area contributed by atoms with Crippen LogP contribution in [0.15, 0.2) is 113 Å². The molecule has 182 valence electrons. The zero-order chi connectivity index (χ0) is 25.6. The maximum Gasteiger partial charge on any atom is 0.331 e. The van der Waals surface area contributed by atoms with Crippen LogP contribution in [-0.4, -0.2) is 11.3 Å². The van der Waals surface area contributed by atoms with Crippen LogP contribution in [-0.2, 0) is 5.41 Å². The number of rotatable bonds is 2. The van der Waals surface area contributed by atoms with E-state index < -0.39 is 0 Å². The number of hydrogen-bond acceptors (Lipinski definition) is 2. The number of hydrogen-bond donors (Lipinski definition) is 0. The average Bonchev–Trinajstić information content (AvgIpc) is 3.25. The molecule has 0 fully saturated rings. The van der Waals surface area contributed by atoms with E-state index in [1.165, 1.54) is 59.2 Å². The van der Waals surface area contributed by atoms with Gasteiger partial charge in [-0.3, -0.25) is 0 Å². The predicted octanol–water partition coefficient (Wildman–Crippen LogP) is 7.98. The van der Waals surface area contributed by atoms with E-state index in [2.05, 4.69) is 98.0 Å². The summed E-state index contributed by atoms with van der Waals surface area (Å²) in [4.78, 5) is 2.58. The highest BCUT2D eigenvalue weighted by Gasteiger charge is 2.40. The van der Waals surface area contributed by atoms with Gasteiger partial charge in [-0.2, -0.15) is 0 Å². The molecule has 0 aliphatic carbocycles. The second kappa shape index (κ2) is 7.81. The third kappa shape index (κ3) is 3.10. The van der Waals surface area contributed by atoms with Gasteiger partial charge >= 0.3 is 6.85 Å². The van der Waals surface area contributed by atoms with Gasteiger partial charge in [0.05, 0.1) is 0 Å². The molecule has 8 rings (SSSR count). The average molecular weight is 507 g/mol. The Morgan fingerprint density at radius 1 is 0.684 bits per heavy atom. The summed E-state index contributed by atoms with van der Waals surface area (Å²) in [5.74, 6) is 1.73. The fourth-order valence-electron chi connectivity index (χ4n) is 6.26. The SMILES string of the molecule is CC(C)(C)c1ccc2c(c1)c1cccc3c1n2B1c2ccc(Oc4ccccc4)cc2Sc2cccc-3c21. The van der Waals surface area contributed by atoms with E-state index in [4.69, 9.17) is 4.74 Å². The van der Waals surface area contributed by atoms with Crippen LogP contribution < -0.4 is 15.7 Å². The van der Waals surface area contributed by atoms with Crippen LogP contribution in [0.1, 0.15) is 26.3 Å². The number of fused-ring (bicyclic) bond motifs is 7. The molecule has 0 amide bonds. The van der Waals surface area contributed by atoms with E-state index in [1.807, 2.05) is 42.1 Å². The lowest BCUT2D eigenvalue weighted by Gasteiger charge is -2.33. The molecule has 38 heavy (non-hydrogen) atoms. The normalized spacial score (nSPS) is 13.5. The van der Waals surface area contributed by atoms with Gasteiger partial charge in [-0.1, -0.05) is 93.2 Å². The highest BCUT2D eigenvalue weighted by Crippen LogP contribution is 2.44. The largest absolute Gasteiger partial charge is 0.457 e. The molecule has 3 heterocycles. The topological polar surface area (TPSA) is 14.2 Å². The van der Waals surface area contributed by atoms with Crippen molar-refractivity contribution in [2.45, 2.75) is 36.0 Å². The summed E-state index contributed by atoms with van der Waals surface area (Å²) < 4.78 is 8.84. The molecular formula is C34H26BNOS. The summed E-state index contributed by atoms with van der Waals surface area (Å²) in [6, 6.07) is 37.3. The lowest BCUT2D eigenvalue weighted by Crippen LogP contribution is -2.54. The van der Waals surface area contributed by atoms with Crippen LogP contribution in [0.25, 0.3) is 32.9 Å². The highest BCUT2D eigenvalue weighted by atomic mass is 32.2. The van der Waals surface area contributed by atoms with E-state index in [-0.39, 0.29) is 12.3 Å². The van der Waals surface area contributed by atoms with Crippen LogP contribution in [0.3, 0.4) is 0 Å². The highest BCUT2D eigenvalue weighted by molar-refractivity contribution is 8.00. The monoisotopic (exact) mass is 507 g/mol. The molecule has 0 radical (unpaired) electrons. The smallest absolute Gasteiger partial charge is 0.331 e. The Kier molecular flexibility index (Phi) is 4.55. The second-order valence-electron chi connectivity index (χ2n) is 11.4. The van der Waals surface area contributed by atoms with Gasteiger partial charge in [0, 0.05) is 37.2 Å². The van der Waals surface area contributed by atoms with Gasteiger partial charge in [-0.15, -0.1) is 0 Å². The van der Waals surface area contributed by atoms with Crippen LogP contribution >= 0.6 is 11.8 Å². The molecule has 0 bridgehead atoms. The van der Waals surface area contributed by atoms with Crippen molar-refractivity contribution in [1.29, 1.82) is 0 Å². The van der Waals surface area contributed by atoms with E-state index in [1.54, 1.807) is 0 Å². The van der Waals surface area contributed by atoms with E-state index in [0.717, 1.165) is 11.5 Å². The van der Waals surface area contributed by atoms with Crippen molar-refractivity contribution in [3.8, 4) is 22.6 Å². The molecule has 4 heteroatoms. The Morgan fingerprint density at radius 3 is 2.34 bits per heavy atom. The summed E-state index contributed by atoms with van der Waals surface area (Å²) in [5.41, 5.74) is 9.54. The first-order valence-corrected chi connectivity index (χ1v) is 14.0. The molecule has 0 atom stereocenters. The minimum atomic E-state index is 0.0970. The minimum Gasteiger partial charge on any atom is -0.457 e. The van der Waals surface area contributed by atoms with E-state index in [9.17, 15) is 0 Å². The number of aromatic nitrogens is 1. The summed E-state index contributed by atoms with van der Waals surface area (Å²) in [7, 11) is 0. The van der Waals surface area contributed by atoms with E-state index in [0.29, 0.717) is 0 Å². The summed E-state index contributed by atoms with van der Waals surface area (Å²) in [5, 5.41) is 2.68. The molecule has 0 N–H and O–H groups in total. The quantitative estimate of drug-likeness (QED) is 0.220. The van der Waals surface area contributed by atoms with Crippen molar-refractivity contribution in [3.05, 3.63) is 109 Å². The predicted molar refractivity (Wildman–Crippen MR) is 161 cm³/mol. The zero-order valence-electron chi connectivity index (χ0n) is 21.7. The maximum atomic E-state index is 6.23. The summed E-state index contributed by atoms with van der Waals surface area (Å²) in [6.45, 7) is 7.01. The first kappa shape index (κ1) is 22.1. The molecule has 1 aromatic heterocycles. The number of ether oxygens (including phenoxy) is 1. The summed E-state index contributed by atoms with van der Waals surface area (Å²) in [6.07, 6.45) is 0. The minimum absolute atomic E-state index is 0.0970. The van der Waals surface area contributed by atoms with Crippen molar-refractivity contribution in [1.82, 2.24) is 4.48 Å². The maximum absolute atomic E-state index is 6.23. The molecular weight excluding hydrogens is 481 g/mol. The van der Waals surface area contributed by atoms with Gasteiger partial charge in [0.25, 0.3) is 0 Å². The zero-order valence-corrected chi connectivity index (χ0v) is 22.5. The van der Waals surface area contributed by atoms with Gasteiger partial charge in [-0.25, -0.2) is 0 Å². The Morgan fingerprint density at radius 2 is 1.50 bits per heavy atom. The van der Waals surface area contributed by atoms with Crippen molar-refractivity contribution in [2.24, 2.45) is 0 Å². The van der Waals surface area contributed by atoms with Crippen molar-refractivity contribution in [2.75, 3.05) is 0 Å². The Labute approximate surface area is 227 Å². The number of benzene rings is 5. The number of para-hydroxylation sites is 2. The molecule has 0 saturated carbocycles. The van der Waals surface area contributed by atoms with Crippen LogP contribution in [0.5, 0.6) is 11.5 Å². The standard InChI is InChI=1S/C34H26BNOS/c1-34(2,3)21-15-18-29-27(19-21)26-13-7-12-25-24-11-8-14-30-32(24)35(36(29)33(25)26)28-17-16-23(20-31(28)38-30)37-22-9-5-4-6-10-22/h4-20H,1-3H3.